The molecule has 1 N–H and O–H groups in total. The van der Waals surface area contributed by atoms with E-state index in [9.17, 15) is 4.79 Å². The zero-order valence-corrected chi connectivity index (χ0v) is 17.5. The molecule has 0 bridgehead atoms. The van der Waals surface area contributed by atoms with Crippen LogP contribution in [0.25, 0.3) is 11.3 Å². The average molecular weight is 401 g/mol. The molecule has 3 aromatic rings. The van der Waals surface area contributed by atoms with E-state index in [0.717, 1.165) is 47.0 Å². The highest BCUT2D eigenvalue weighted by atomic mass is 16.1. The summed E-state index contributed by atoms with van der Waals surface area (Å²) in [6, 6.07) is 19.9. The maximum Gasteiger partial charge on any atom is 0.228 e. The van der Waals surface area contributed by atoms with Gasteiger partial charge < -0.3 is 10.2 Å². The Bertz CT molecular complexity index is 975. The van der Waals surface area contributed by atoms with Crippen molar-refractivity contribution in [2.24, 2.45) is 0 Å². The highest BCUT2D eigenvalue weighted by molar-refractivity contribution is 5.92. The van der Waals surface area contributed by atoms with Crippen molar-refractivity contribution in [1.29, 1.82) is 0 Å². The number of aromatic nitrogens is 2. The van der Waals surface area contributed by atoms with E-state index in [0.29, 0.717) is 6.42 Å². The van der Waals surface area contributed by atoms with Crippen molar-refractivity contribution in [3.05, 3.63) is 71.8 Å². The summed E-state index contributed by atoms with van der Waals surface area (Å²) in [5.74, 6) is 0.940. The van der Waals surface area contributed by atoms with Crippen LogP contribution in [0.3, 0.4) is 0 Å². The number of hydrogen-bond donors (Lipinski definition) is 1. The summed E-state index contributed by atoms with van der Waals surface area (Å²) in [5, 5.41) is 11.8. The van der Waals surface area contributed by atoms with E-state index in [4.69, 9.17) is 0 Å². The van der Waals surface area contributed by atoms with Crippen LogP contribution in [-0.2, 0) is 11.2 Å². The summed E-state index contributed by atoms with van der Waals surface area (Å²) in [7, 11) is 0. The SMILES string of the molecule is Cc1cccc(CC(=O)Nc2ccc(-c3ccc(N4CCCCCC4)nn3)cc2)c1. The molecule has 2 heterocycles. The van der Waals surface area contributed by atoms with Crippen molar-refractivity contribution in [2.45, 2.75) is 39.0 Å². The number of nitrogens with zero attached hydrogens (tertiary/aromatic N) is 3. The maximum absolute atomic E-state index is 12.3. The molecule has 1 aromatic heterocycles. The Morgan fingerprint density at radius 3 is 2.37 bits per heavy atom. The minimum atomic E-state index is -0.0186. The molecule has 1 aliphatic heterocycles. The largest absolute Gasteiger partial charge is 0.355 e. The standard InChI is InChI=1S/C25H28N4O/c1-19-7-6-8-20(17-19)18-25(30)26-22-11-9-21(10-12-22)23-13-14-24(28-27-23)29-15-4-2-3-5-16-29/h6-14,17H,2-5,15-16,18H2,1H3,(H,26,30). The first-order valence-electron chi connectivity index (χ1n) is 10.7. The Morgan fingerprint density at radius 1 is 0.933 bits per heavy atom. The van der Waals surface area contributed by atoms with Gasteiger partial charge in [-0.05, 0) is 49.6 Å². The normalized spacial score (nSPS) is 14.2. The molecule has 1 aliphatic rings. The van der Waals surface area contributed by atoms with Crippen LogP contribution in [0.15, 0.2) is 60.7 Å². The van der Waals surface area contributed by atoms with Crippen LogP contribution < -0.4 is 10.2 Å². The van der Waals surface area contributed by atoms with Crippen molar-refractivity contribution >= 4 is 17.4 Å². The van der Waals surface area contributed by atoms with Gasteiger partial charge in [-0.3, -0.25) is 4.79 Å². The fraction of sp³-hybridized carbons (Fsp3) is 0.320. The molecule has 1 fully saturated rings. The van der Waals surface area contributed by atoms with Crippen molar-refractivity contribution in [1.82, 2.24) is 10.2 Å². The summed E-state index contributed by atoms with van der Waals surface area (Å²) in [4.78, 5) is 14.7. The smallest absolute Gasteiger partial charge is 0.228 e. The summed E-state index contributed by atoms with van der Waals surface area (Å²) in [6.07, 6.45) is 5.42. The number of nitrogens with one attached hydrogen (secondary N) is 1. The van der Waals surface area contributed by atoms with Crippen LogP contribution in [0, 0.1) is 6.92 Å². The molecule has 0 saturated carbocycles. The van der Waals surface area contributed by atoms with Crippen LogP contribution in [0.2, 0.25) is 0 Å². The zero-order valence-electron chi connectivity index (χ0n) is 17.5. The number of benzene rings is 2. The lowest BCUT2D eigenvalue weighted by molar-refractivity contribution is -0.115. The van der Waals surface area contributed by atoms with Gasteiger partial charge in [0.2, 0.25) is 5.91 Å². The third-order valence-electron chi connectivity index (χ3n) is 5.49. The minimum Gasteiger partial charge on any atom is -0.355 e. The number of aryl methyl sites for hydroxylation is 1. The van der Waals surface area contributed by atoms with Crippen LogP contribution in [0.4, 0.5) is 11.5 Å². The van der Waals surface area contributed by atoms with Crippen molar-refractivity contribution < 1.29 is 4.79 Å². The van der Waals surface area contributed by atoms with Crippen LogP contribution in [0.5, 0.6) is 0 Å². The summed E-state index contributed by atoms with van der Waals surface area (Å²) in [5.41, 5.74) is 4.79. The highest BCUT2D eigenvalue weighted by Gasteiger charge is 2.12. The fourth-order valence-corrected chi connectivity index (χ4v) is 3.88. The van der Waals surface area contributed by atoms with Gasteiger partial charge in [-0.2, -0.15) is 0 Å². The molecule has 4 rings (SSSR count). The Kier molecular flexibility index (Phi) is 6.38. The van der Waals surface area contributed by atoms with Gasteiger partial charge in [-0.15, -0.1) is 10.2 Å². The van der Waals surface area contributed by atoms with Gasteiger partial charge in [0.25, 0.3) is 0 Å². The zero-order chi connectivity index (χ0) is 20.8. The molecule has 0 aliphatic carbocycles. The van der Waals surface area contributed by atoms with E-state index < -0.39 is 0 Å². The molecule has 0 radical (unpaired) electrons. The fourth-order valence-electron chi connectivity index (χ4n) is 3.88. The van der Waals surface area contributed by atoms with Gasteiger partial charge in [0.15, 0.2) is 5.82 Å². The van der Waals surface area contributed by atoms with E-state index in [1.807, 2.05) is 61.5 Å². The van der Waals surface area contributed by atoms with E-state index in [1.54, 1.807) is 0 Å². The highest BCUT2D eigenvalue weighted by Crippen LogP contribution is 2.22. The Labute approximate surface area is 178 Å². The van der Waals surface area contributed by atoms with E-state index in [-0.39, 0.29) is 5.91 Å². The van der Waals surface area contributed by atoms with Crippen LogP contribution in [0.1, 0.15) is 36.8 Å². The minimum absolute atomic E-state index is 0.0186. The molecule has 0 atom stereocenters. The molecule has 5 heteroatoms. The molecule has 5 nitrogen and oxygen atoms in total. The Balaban J connectivity index is 1.37. The van der Waals surface area contributed by atoms with Gasteiger partial charge >= 0.3 is 0 Å². The summed E-state index contributed by atoms with van der Waals surface area (Å²) >= 11 is 0. The first kappa shape index (κ1) is 20.1. The van der Waals surface area contributed by atoms with Crippen LogP contribution >= 0.6 is 0 Å². The number of hydrogen-bond acceptors (Lipinski definition) is 4. The predicted octanol–water partition coefficient (Wildman–Crippen LogP) is 5.01. The topological polar surface area (TPSA) is 58.1 Å². The number of rotatable bonds is 5. The number of anilines is 2. The number of carbonyl (C=O) groups is 1. The third kappa shape index (κ3) is 5.23. The lowest BCUT2D eigenvalue weighted by Gasteiger charge is -2.20. The van der Waals surface area contributed by atoms with E-state index in [1.165, 1.54) is 25.7 Å². The number of carbonyl (C=O) groups excluding carboxylic acids is 1. The van der Waals surface area contributed by atoms with Crippen molar-refractivity contribution in [3.8, 4) is 11.3 Å². The first-order valence-corrected chi connectivity index (χ1v) is 10.7. The molecule has 1 amide bonds. The maximum atomic E-state index is 12.3. The summed E-state index contributed by atoms with van der Waals surface area (Å²) in [6.45, 7) is 4.15. The Hall–Kier alpha value is -3.21. The second-order valence-electron chi connectivity index (χ2n) is 7.97. The van der Waals surface area contributed by atoms with Gasteiger partial charge in [-0.25, -0.2) is 0 Å². The molecule has 154 valence electrons. The van der Waals surface area contributed by atoms with Crippen LogP contribution in [-0.4, -0.2) is 29.2 Å². The third-order valence-corrected chi connectivity index (χ3v) is 5.49. The molecule has 0 spiro atoms. The molecule has 2 aromatic carbocycles. The molecule has 30 heavy (non-hydrogen) atoms. The monoisotopic (exact) mass is 400 g/mol. The summed E-state index contributed by atoms with van der Waals surface area (Å²) < 4.78 is 0. The molecular formula is C25H28N4O. The lowest BCUT2D eigenvalue weighted by Crippen LogP contribution is -2.25. The molecular weight excluding hydrogens is 372 g/mol. The van der Waals surface area contributed by atoms with Gasteiger partial charge in [0, 0.05) is 24.3 Å². The quantitative estimate of drug-likeness (QED) is 0.654. The number of amides is 1. The molecule has 0 unspecified atom stereocenters. The van der Waals surface area contributed by atoms with E-state index in [2.05, 4.69) is 26.5 Å². The lowest BCUT2D eigenvalue weighted by atomic mass is 10.1. The first-order chi connectivity index (χ1) is 14.7. The van der Waals surface area contributed by atoms with Crippen molar-refractivity contribution in [2.75, 3.05) is 23.3 Å². The van der Waals surface area contributed by atoms with Gasteiger partial charge in [0.1, 0.15) is 0 Å². The van der Waals surface area contributed by atoms with Crippen molar-refractivity contribution in [3.63, 3.8) is 0 Å². The molecule has 1 saturated heterocycles. The van der Waals surface area contributed by atoms with E-state index >= 15 is 0 Å². The second kappa shape index (κ2) is 9.53. The van der Waals surface area contributed by atoms with Gasteiger partial charge in [-0.1, -0.05) is 54.8 Å². The average Bonchev–Trinajstić information content (AvgIpc) is 3.04. The Morgan fingerprint density at radius 2 is 1.70 bits per heavy atom. The van der Waals surface area contributed by atoms with Gasteiger partial charge in [0.05, 0.1) is 12.1 Å². The second-order valence-corrected chi connectivity index (χ2v) is 7.97. The predicted molar refractivity (Wildman–Crippen MR) is 122 cm³/mol.